The molecule has 2 heterocycles. The number of nitrogens with two attached hydrogens (primary N) is 1. The summed E-state index contributed by atoms with van der Waals surface area (Å²) in [6.07, 6.45) is 3.26. The van der Waals surface area contributed by atoms with Crippen LogP contribution in [0.2, 0.25) is 0 Å². The Morgan fingerprint density at radius 3 is 3.00 bits per heavy atom. The first-order chi connectivity index (χ1) is 10.3. The zero-order chi connectivity index (χ0) is 14.2. The maximum Gasteiger partial charge on any atom is 0.295 e. The lowest BCUT2D eigenvalue weighted by Crippen LogP contribution is -2.12. The number of nitrogens with one attached hydrogen (secondary N) is 1. The lowest BCUT2D eigenvalue weighted by atomic mass is 9.82. The number of H-pyrrole nitrogens is 1. The summed E-state index contributed by atoms with van der Waals surface area (Å²) in [7, 11) is 0. The third-order valence-corrected chi connectivity index (χ3v) is 3.83. The van der Waals surface area contributed by atoms with Gasteiger partial charge >= 0.3 is 0 Å². The monoisotopic (exact) mass is 282 g/mol. The molecule has 2 aromatic heterocycles. The van der Waals surface area contributed by atoms with Gasteiger partial charge in [-0.2, -0.15) is 9.97 Å². The number of rotatable bonds is 2. The van der Waals surface area contributed by atoms with Crippen molar-refractivity contribution in [3.05, 3.63) is 41.2 Å². The molecule has 0 saturated heterocycles. The number of fused-ring (bicyclic) bond motifs is 1. The Balaban J connectivity index is 1.71. The van der Waals surface area contributed by atoms with E-state index in [9.17, 15) is 0 Å². The van der Waals surface area contributed by atoms with Crippen molar-refractivity contribution in [2.75, 3.05) is 5.73 Å². The Morgan fingerprint density at radius 2 is 2.14 bits per heavy atom. The molecule has 1 unspecified atom stereocenters. The predicted octanol–water partition coefficient (Wildman–Crippen LogP) is 1.91. The summed E-state index contributed by atoms with van der Waals surface area (Å²) < 4.78 is 5.28. The fourth-order valence-electron chi connectivity index (χ4n) is 2.87. The summed E-state index contributed by atoms with van der Waals surface area (Å²) in [5.41, 5.74) is 8.14. The van der Waals surface area contributed by atoms with Crippen molar-refractivity contribution in [3.63, 3.8) is 0 Å². The lowest BCUT2D eigenvalue weighted by Gasteiger charge is -2.22. The van der Waals surface area contributed by atoms with E-state index in [1.165, 1.54) is 11.1 Å². The fourth-order valence-corrected chi connectivity index (χ4v) is 2.87. The van der Waals surface area contributed by atoms with Gasteiger partial charge in [-0.15, -0.1) is 5.10 Å². The van der Waals surface area contributed by atoms with Crippen molar-refractivity contribution < 1.29 is 4.52 Å². The van der Waals surface area contributed by atoms with Crippen molar-refractivity contribution in [1.29, 1.82) is 0 Å². The van der Waals surface area contributed by atoms with Gasteiger partial charge in [0.2, 0.25) is 11.8 Å². The third-order valence-electron chi connectivity index (χ3n) is 3.83. The van der Waals surface area contributed by atoms with Crippen LogP contribution in [0.25, 0.3) is 11.7 Å². The number of hydrogen-bond donors (Lipinski definition) is 2. The first-order valence-electron chi connectivity index (χ1n) is 6.91. The molecule has 3 aromatic rings. The van der Waals surface area contributed by atoms with Crippen LogP contribution in [0.15, 0.2) is 28.8 Å². The topological polar surface area (TPSA) is 107 Å². The van der Waals surface area contributed by atoms with Crippen molar-refractivity contribution in [3.8, 4) is 11.7 Å². The molecule has 0 radical (unpaired) electrons. The highest BCUT2D eigenvalue weighted by Crippen LogP contribution is 2.35. The molecule has 4 rings (SSSR count). The minimum Gasteiger partial charge on any atom is -0.366 e. The van der Waals surface area contributed by atoms with Crippen LogP contribution in [0.1, 0.15) is 35.7 Å². The van der Waals surface area contributed by atoms with Gasteiger partial charge in [0.05, 0.1) is 0 Å². The molecular formula is C14H14N6O. The lowest BCUT2D eigenvalue weighted by molar-refractivity contribution is 0.413. The Morgan fingerprint density at radius 1 is 1.24 bits per heavy atom. The SMILES string of the molecule is Nc1n[nH]c(-c2nc(C3CCCc4ccccc43)no2)n1. The first-order valence-corrected chi connectivity index (χ1v) is 6.91. The third kappa shape index (κ3) is 2.06. The van der Waals surface area contributed by atoms with E-state index in [0.717, 1.165) is 19.3 Å². The average molecular weight is 282 g/mol. The second kappa shape index (κ2) is 4.69. The number of benzene rings is 1. The summed E-state index contributed by atoms with van der Waals surface area (Å²) in [5.74, 6) is 1.74. The molecule has 1 atom stereocenters. The van der Waals surface area contributed by atoms with Gasteiger partial charge in [0, 0.05) is 5.92 Å². The second-order valence-electron chi connectivity index (χ2n) is 5.14. The Kier molecular flexibility index (Phi) is 2.70. The molecule has 0 amide bonds. The molecule has 21 heavy (non-hydrogen) atoms. The van der Waals surface area contributed by atoms with E-state index in [0.29, 0.717) is 17.5 Å². The standard InChI is InChI=1S/C14H14N6O/c15-14-17-12(18-19-14)13-16-11(20-21-13)10-7-3-5-8-4-1-2-6-9(8)10/h1-2,4,6,10H,3,5,7H2,(H3,15,17,18,19). The quantitative estimate of drug-likeness (QED) is 0.743. The maximum absolute atomic E-state index is 5.49. The summed E-state index contributed by atoms with van der Waals surface area (Å²) in [5, 5.41) is 10.5. The van der Waals surface area contributed by atoms with Crippen LogP contribution < -0.4 is 5.73 Å². The summed E-state index contributed by atoms with van der Waals surface area (Å²) >= 11 is 0. The van der Waals surface area contributed by atoms with Crippen molar-refractivity contribution in [2.45, 2.75) is 25.2 Å². The molecule has 3 N–H and O–H groups in total. The van der Waals surface area contributed by atoms with Gasteiger partial charge in [0.1, 0.15) is 0 Å². The van der Waals surface area contributed by atoms with Crippen molar-refractivity contribution in [1.82, 2.24) is 25.3 Å². The zero-order valence-corrected chi connectivity index (χ0v) is 11.3. The highest BCUT2D eigenvalue weighted by Gasteiger charge is 2.26. The van der Waals surface area contributed by atoms with Crippen LogP contribution in [0.3, 0.4) is 0 Å². The minimum atomic E-state index is 0.160. The van der Waals surface area contributed by atoms with E-state index >= 15 is 0 Å². The van der Waals surface area contributed by atoms with Crippen LogP contribution >= 0.6 is 0 Å². The molecule has 7 nitrogen and oxygen atoms in total. The van der Waals surface area contributed by atoms with Gasteiger partial charge in [-0.05, 0) is 30.4 Å². The average Bonchev–Trinajstić information content (AvgIpc) is 3.15. The van der Waals surface area contributed by atoms with Gasteiger partial charge in [-0.1, -0.05) is 29.4 Å². The number of aromatic nitrogens is 5. The molecule has 0 fully saturated rings. The molecule has 0 spiro atoms. The van der Waals surface area contributed by atoms with Crippen LogP contribution in [-0.2, 0) is 6.42 Å². The Labute approximate surface area is 120 Å². The zero-order valence-electron chi connectivity index (χ0n) is 11.3. The maximum atomic E-state index is 5.49. The van der Waals surface area contributed by atoms with Crippen molar-refractivity contribution >= 4 is 5.95 Å². The predicted molar refractivity (Wildman–Crippen MR) is 75.3 cm³/mol. The largest absolute Gasteiger partial charge is 0.366 e. The van der Waals surface area contributed by atoms with Gasteiger partial charge in [-0.25, -0.2) is 0 Å². The van der Waals surface area contributed by atoms with Crippen LogP contribution in [0.5, 0.6) is 0 Å². The van der Waals surface area contributed by atoms with E-state index in [-0.39, 0.29) is 11.9 Å². The van der Waals surface area contributed by atoms with Crippen molar-refractivity contribution in [2.24, 2.45) is 0 Å². The molecule has 7 heteroatoms. The first kappa shape index (κ1) is 12.1. The van der Waals surface area contributed by atoms with E-state index in [2.05, 4.69) is 49.6 Å². The van der Waals surface area contributed by atoms with Gasteiger partial charge in [-0.3, -0.25) is 5.10 Å². The molecule has 0 saturated carbocycles. The van der Waals surface area contributed by atoms with E-state index in [4.69, 9.17) is 10.3 Å². The Hall–Kier alpha value is -2.70. The molecule has 0 bridgehead atoms. The molecular weight excluding hydrogens is 268 g/mol. The molecule has 1 aliphatic rings. The fraction of sp³-hybridized carbons (Fsp3) is 0.286. The van der Waals surface area contributed by atoms with E-state index in [1.807, 2.05) is 0 Å². The molecule has 1 aromatic carbocycles. The van der Waals surface area contributed by atoms with Crippen LogP contribution in [-0.4, -0.2) is 25.3 Å². The normalized spacial score (nSPS) is 17.6. The molecule has 0 aliphatic heterocycles. The highest BCUT2D eigenvalue weighted by atomic mass is 16.5. The van der Waals surface area contributed by atoms with Crippen LogP contribution in [0.4, 0.5) is 5.95 Å². The number of anilines is 1. The number of nitrogen functional groups attached to an aromatic ring is 1. The Bertz CT molecular complexity index is 777. The van der Waals surface area contributed by atoms with E-state index in [1.54, 1.807) is 0 Å². The van der Waals surface area contributed by atoms with Gasteiger partial charge in [0.15, 0.2) is 5.82 Å². The van der Waals surface area contributed by atoms with Gasteiger partial charge < -0.3 is 10.3 Å². The number of aryl methyl sites for hydroxylation is 1. The molecule has 106 valence electrons. The minimum absolute atomic E-state index is 0.160. The second-order valence-corrected chi connectivity index (χ2v) is 5.14. The molecule has 1 aliphatic carbocycles. The van der Waals surface area contributed by atoms with E-state index < -0.39 is 0 Å². The number of aromatic amines is 1. The smallest absolute Gasteiger partial charge is 0.295 e. The van der Waals surface area contributed by atoms with Crippen LogP contribution in [0, 0.1) is 0 Å². The summed E-state index contributed by atoms with van der Waals surface area (Å²) in [6, 6.07) is 8.43. The number of nitrogens with zero attached hydrogens (tertiary/aromatic N) is 4. The van der Waals surface area contributed by atoms with Gasteiger partial charge in [0.25, 0.3) is 5.89 Å². The summed E-state index contributed by atoms with van der Waals surface area (Å²) in [6.45, 7) is 0. The number of hydrogen-bond acceptors (Lipinski definition) is 6. The summed E-state index contributed by atoms with van der Waals surface area (Å²) in [4.78, 5) is 8.45. The highest BCUT2D eigenvalue weighted by molar-refractivity contribution is 5.43.